The molecule has 0 saturated carbocycles. The molecule has 6 nitrogen and oxygen atoms in total. The average molecular weight is 293 g/mol. The topological polar surface area (TPSA) is 72.5 Å². The molecule has 1 saturated heterocycles. The van der Waals surface area contributed by atoms with Crippen molar-refractivity contribution in [3.8, 4) is 0 Å². The zero-order valence-electron chi connectivity index (χ0n) is 12.8. The van der Waals surface area contributed by atoms with Crippen LogP contribution in [0.5, 0.6) is 0 Å². The third-order valence-corrected chi connectivity index (χ3v) is 3.01. The van der Waals surface area contributed by atoms with Gasteiger partial charge in [-0.2, -0.15) is 0 Å². The normalized spacial score (nSPS) is 18.3. The van der Waals surface area contributed by atoms with E-state index in [0.29, 0.717) is 11.7 Å². The second-order valence-electron chi connectivity index (χ2n) is 6.17. The van der Waals surface area contributed by atoms with Gasteiger partial charge in [-0.1, -0.05) is 0 Å². The highest BCUT2D eigenvalue weighted by atomic mass is 16.6. The second kappa shape index (κ2) is 6.76. The third kappa shape index (κ3) is 5.59. The van der Waals surface area contributed by atoms with Crippen molar-refractivity contribution in [2.24, 2.45) is 5.92 Å². The van der Waals surface area contributed by atoms with Gasteiger partial charge in [0.15, 0.2) is 0 Å². The highest BCUT2D eigenvalue weighted by molar-refractivity contribution is 5.83. The van der Waals surface area contributed by atoms with Gasteiger partial charge in [0.1, 0.15) is 11.4 Å². The summed E-state index contributed by atoms with van der Waals surface area (Å²) in [5, 5.41) is 5.92. The van der Waals surface area contributed by atoms with Crippen LogP contribution in [0.4, 0.5) is 16.3 Å². The summed E-state index contributed by atoms with van der Waals surface area (Å²) >= 11 is 0. The number of aromatic nitrogens is 1. The molecule has 2 heterocycles. The average Bonchev–Trinajstić information content (AvgIpc) is 2.89. The van der Waals surface area contributed by atoms with E-state index < -0.39 is 11.7 Å². The number of hydrogen-bond acceptors (Lipinski definition) is 5. The quantitative estimate of drug-likeness (QED) is 0.893. The third-order valence-electron chi connectivity index (χ3n) is 3.01. The molecule has 0 radical (unpaired) electrons. The molecular weight excluding hydrogens is 270 g/mol. The molecule has 1 aromatic heterocycles. The number of nitrogens with zero attached hydrogens (tertiary/aromatic N) is 1. The molecule has 0 spiro atoms. The minimum absolute atomic E-state index is 0.471. The van der Waals surface area contributed by atoms with Gasteiger partial charge in [-0.3, -0.25) is 5.32 Å². The van der Waals surface area contributed by atoms with E-state index in [1.54, 1.807) is 12.3 Å². The zero-order valence-corrected chi connectivity index (χ0v) is 12.8. The molecule has 1 aliphatic heterocycles. The van der Waals surface area contributed by atoms with E-state index >= 15 is 0 Å². The van der Waals surface area contributed by atoms with Crippen LogP contribution in [0, 0.1) is 5.92 Å². The smallest absolute Gasteiger partial charge is 0.413 e. The minimum atomic E-state index is -0.519. The van der Waals surface area contributed by atoms with Crippen LogP contribution in [-0.4, -0.2) is 36.4 Å². The molecule has 21 heavy (non-hydrogen) atoms. The minimum Gasteiger partial charge on any atom is -0.444 e. The predicted octanol–water partition coefficient (Wildman–Crippen LogP) is 2.88. The Bertz CT molecular complexity index is 462. The lowest BCUT2D eigenvalue weighted by Crippen LogP contribution is -2.27. The number of ether oxygens (including phenoxy) is 2. The Balaban J connectivity index is 1.79. The molecule has 1 unspecified atom stereocenters. The lowest BCUT2D eigenvalue weighted by Gasteiger charge is -2.19. The van der Waals surface area contributed by atoms with Crippen molar-refractivity contribution in [1.29, 1.82) is 0 Å². The van der Waals surface area contributed by atoms with E-state index in [4.69, 9.17) is 9.47 Å². The van der Waals surface area contributed by atoms with Gasteiger partial charge in [-0.25, -0.2) is 9.78 Å². The van der Waals surface area contributed by atoms with Crippen molar-refractivity contribution in [2.45, 2.75) is 32.8 Å². The number of nitrogens with one attached hydrogen (secondary N) is 2. The fourth-order valence-electron chi connectivity index (χ4n) is 1.99. The molecule has 1 aromatic rings. The Morgan fingerprint density at radius 1 is 1.48 bits per heavy atom. The van der Waals surface area contributed by atoms with Crippen LogP contribution in [0.25, 0.3) is 0 Å². The summed E-state index contributed by atoms with van der Waals surface area (Å²) in [6.07, 6.45) is 2.29. The molecular formula is C15H23N3O3. The standard InChI is InChI=1S/C15H23N3O3/c1-15(2,3)21-14(19)18-13-5-4-12(9-17-13)16-8-11-6-7-20-10-11/h4-5,9,11,16H,6-8,10H2,1-3H3,(H,17,18,19). The highest BCUT2D eigenvalue weighted by Crippen LogP contribution is 2.15. The number of hydrogen-bond donors (Lipinski definition) is 2. The first-order valence-corrected chi connectivity index (χ1v) is 7.20. The fraction of sp³-hybridized carbons (Fsp3) is 0.600. The van der Waals surface area contributed by atoms with Crippen LogP contribution in [0.2, 0.25) is 0 Å². The number of carbonyl (C=O) groups is 1. The van der Waals surface area contributed by atoms with E-state index in [0.717, 1.165) is 31.9 Å². The second-order valence-corrected chi connectivity index (χ2v) is 6.17. The Morgan fingerprint density at radius 2 is 2.29 bits per heavy atom. The van der Waals surface area contributed by atoms with Gasteiger partial charge < -0.3 is 14.8 Å². The van der Waals surface area contributed by atoms with Gasteiger partial charge in [0, 0.05) is 19.1 Å². The Morgan fingerprint density at radius 3 is 2.86 bits per heavy atom. The maximum Gasteiger partial charge on any atom is 0.413 e. The largest absolute Gasteiger partial charge is 0.444 e. The first-order valence-electron chi connectivity index (χ1n) is 7.20. The molecule has 1 aliphatic rings. The summed E-state index contributed by atoms with van der Waals surface area (Å²) in [5.74, 6) is 1.03. The zero-order chi connectivity index (χ0) is 15.3. The molecule has 0 aromatic carbocycles. The van der Waals surface area contributed by atoms with Crippen LogP contribution >= 0.6 is 0 Å². The molecule has 1 atom stereocenters. The van der Waals surface area contributed by atoms with Gasteiger partial charge in [-0.05, 0) is 39.3 Å². The van der Waals surface area contributed by atoms with Gasteiger partial charge >= 0.3 is 6.09 Å². The van der Waals surface area contributed by atoms with Crippen LogP contribution in [-0.2, 0) is 9.47 Å². The SMILES string of the molecule is CC(C)(C)OC(=O)Nc1ccc(NCC2CCOC2)cn1. The van der Waals surface area contributed by atoms with E-state index in [1.165, 1.54) is 0 Å². The maximum atomic E-state index is 11.6. The highest BCUT2D eigenvalue weighted by Gasteiger charge is 2.17. The lowest BCUT2D eigenvalue weighted by atomic mass is 10.1. The van der Waals surface area contributed by atoms with E-state index in [2.05, 4.69) is 15.6 Å². The first kappa shape index (κ1) is 15.6. The molecule has 1 amide bonds. The van der Waals surface area contributed by atoms with Crippen molar-refractivity contribution in [2.75, 3.05) is 30.4 Å². The molecule has 1 fully saturated rings. The van der Waals surface area contributed by atoms with Crippen molar-refractivity contribution < 1.29 is 14.3 Å². The molecule has 116 valence electrons. The monoisotopic (exact) mass is 293 g/mol. The number of carbonyl (C=O) groups excluding carboxylic acids is 1. The van der Waals surface area contributed by atoms with Crippen molar-refractivity contribution >= 4 is 17.6 Å². The van der Waals surface area contributed by atoms with Gasteiger partial charge in [0.2, 0.25) is 0 Å². The number of anilines is 2. The Labute approximate surface area is 125 Å². The lowest BCUT2D eigenvalue weighted by molar-refractivity contribution is 0.0635. The Kier molecular flexibility index (Phi) is 5.01. The van der Waals surface area contributed by atoms with E-state index in [9.17, 15) is 4.79 Å². The Hall–Kier alpha value is -1.82. The van der Waals surface area contributed by atoms with E-state index in [1.807, 2.05) is 26.8 Å². The van der Waals surface area contributed by atoms with Gasteiger partial charge in [0.25, 0.3) is 0 Å². The number of pyridine rings is 1. The molecule has 0 bridgehead atoms. The van der Waals surface area contributed by atoms with Crippen molar-refractivity contribution in [3.63, 3.8) is 0 Å². The van der Waals surface area contributed by atoms with Gasteiger partial charge in [0.05, 0.1) is 18.5 Å². The van der Waals surface area contributed by atoms with E-state index in [-0.39, 0.29) is 0 Å². The summed E-state index contributed by atoms with van der Waals surface area (Å²) in [4.78, 5) is 15.8. The summed E-state index contributed by atoms with van der Waals surface area (Å²) in [5.41, 5.74) is 0.409. The molecule has 2 rings (SSSR count). The summed E-state index contributed by atoms with van der Waals surface area (Å²) < 4.78 is 10.5. The molecule has 6 heteroatoms. The summed E-state index contributed by atoms with van der Waals surface area (Å²) in [6.45, 7) is 8.00. The van der Waals surface area contributed by atoms with Crippen molar-refractivity contribution in [1.82, 2.24) is 4.98 Å². The van der Waals surface area contributed by atoms with Crippen LogP contribution in [0.1, 0.15) is 27.2 Å². The van der Waals surface area contributed by atoms with Crippen LogP contribution in [0.15, 0.2) is 18.3 Å². The maximum absolute atomic E-state index is 11.6. The summed E-state index contributed by atoms with van der Waals surface area (Å²) in [6, 6.07) is 3.63. The van der Waals surface area contributed by atoms with Crippen LogP contribution in [0.3, 0.4) is 0 Å². The first-order chi connectivity index (χ1) is 9.92. The van der Waals surface area contributed by atoms with Gasteiger partial charge in [-0.15, -0.1) is 0 Å². The molecule has 0 aliphatic carbocycles. The number of rotatable bonds is 4. The summed E-state index contributed by atoms with van der Waals surface area (Å²) in [7, 11) is 0. The predicted molar refractivity (Wildman–Crippen MR) is 81.5 cm³/mol. The number of amides is 1. The van der Waals surface area contributed by atoms with Crippen molar-refractivity contribution in [3.05, 3.63) is 18.3 Å². The van der Waals surface area contributed by atoms with Crippen LogP contribution < -0.4 is 10.6 Å². The molecule has 2 N–H and O–H groups in total. The fourth-order valence-corrected chi connectivity index (χ4v) is 1.99.